The number of hydrogen-bond donors (Lipinski definition) is 2. The lowest BCUT2D eigenvalue weighted by molar-refractivity contribution is -0.122. The number of amides is 1. The number of ether oxygens (including phenoxy) is 2. The van der Waals surface area contributed by atoms with E-state index in [1.165, 1.54) is 0 Å². The van der Waals surface area contributed by atoms with Crippen LogP contribution in [0.15, 0.2) is 48.5 Å². The first-order valence-electron chi connectivity index (χ1n) is 8.24. The van der Waals surface area contributed by atoms with E-state index in [4.69, 9.17) is 9.47 Å². The second-order valence-electron chi connectivity index (χ2n) is 6.26. The summed E-state index contributed by atoms with van der Waals surface area (Å²) in [5.41, 5.74) is 1.99. The van der Waals surface area contributed by atoms with Gasteiger partial charge in [0.15, 0.2) is 0 Å². The van der Waals surface area contributed by atoms with Crippen molar-refractivity contribution in [1.82, 2.24) is 10.6 Å². The largest absolute Gasteiger partial charge is 0.457 e. The summed E-state index contributed by atoms with van der Waals surface area (Å²) in [7, 11) is 0. The summed E-state index contributed by atoms with van der Waals surface area (Å²) in [6.45, 7) is 1.98. The SMILES string of the molecule is Cl.O=C1Cc2cccc(c2)Oc2cccc(c2)CO[C@H]2CNC[C@@H]2N1. The third kappa shape index (κ3) is 4.31. The van der Waals surface area contributed by atoms with Gasteiger partial charge in [0, 0.05) is 13.1 Å². The van der Waals surface area contributed by atoms with Gasteiger partial charge in [-0.2, -0.15) is 0 Å². The Hall–Kier alpha value is -2.08. The summed E-state index contributed by atoms with van der Waals surface area (Å²) >= 11 is 0. The minimum Gasteiger partial charge on any atom is -0.457 e. The molecule has 0 spiro atoms. The molecule has 2 aromatic rings. The second-order valence-corrected chi connectivity index (χ2v) is 6.26. The molecule has 1 fully saturated rings. The molecule has 1 amide bonds. The van der Waals surface area contributed by atoms with Gasteiger partial charge >= 0.3 is 0 Å². The van der Waals surface area contributed by atoms with Gasteiger partial charge in [-0.1, -0.05) is 24.3 Å². The van der Waals surface area contributed by atoms with Crippen LogP contribution in [0.5, 0.6) is 11.5 Å². The van der Waals surface area contributed by atoms with Crippen molar-refractivity contribution >= 4 is 18.3 Å². The highest BCUT2D eigenvalue weighted by Gasteiger charge is 2.29. The van der Waals surface area contributed by atoms with Crippen LogP contribution in [0.4, 0.5) is 0 Å². The highest BCUT2D eigenvalue weighted by atomic mass is 35.5. The van der Waals surface area contributed by atoms with Crippen LogP contribution in [-0.2, 0) is 22.6 Å². The van der Waals surface area contributed by atoms with Crippen molar-refractivity contribution in [2.75, 3.05) is 13.1 Å². The van der Waals surface area contributed by atoms with Gasteiger partial charge in [-0.25, -0.2) is 0 Å². The van der Waals surface area contributed by atoms with E-state index in [0.29, 0.717) is 13.0 Å². The highest BCUT2D eigenvalue weighted by molar-refractivity contribution is 5.85. The Labute approximate surface area is 153 Å². The molecule has 5 nitrogen and oxygen atoms in total. The van der Waals surface area contributed by atoms with Crippen LogP contribution in [0.2, 0.25) is 0 Å². The number of benzene rings is 2. The van der Waals surface area contributed by atoms with Crippen molar-refractivity contribution in [3.05, 3.63) is 59.7 Å². The number of nitrogens with one attached hydrogen (secondary N) is 2. The van der Waals surface area contributed by atoms with Gasteiger partial charge in [0.25, 0.3) is 0 Å². The topological polar surface area (TPSA) is 59.6 Å². The molecule has 0 aromatic heterocycles. The Morgan fingerprint density at radius 3 is 2.48 bits per heavy atom. The molecule has 0 aliphatic carbocycles. The lowest BCUT2D eigenvalue weighted by Crippen LogP contribution is -2.44. The monoisotopic (exact) mass is 360 g/mol. The standard InChI is InChI=1S/C19H20N2O3.ClH/c22-19-9-13-3-1-5-15(7-13)24-16-6-2-4-14(8-16)12-23-18-11-20-10-17(18)21-19;/h1-8,17-18,20H,9-12H2,(H,21,22);1H/t17-,18-;/m0./s1. The molecule has 4 rings (SSSR count). The first kappa shape index (κ1) is 17.7. The van der Waals surface area contributed by atoms with Gasteiger partial charge in [0.05, 0.1) is 25.2 Å². The molecular formula is C19H21ClN2O3. The summed E-state index contributed by atoms with van der Waals surface area (Å²) in [6, 6.07) is 15.6. The Bertz CT molecular complexity index is 753. The summed E-state index contributed by atoms with van der Waals surface area (Å²) in [5.74, 6) is 1.51. The molecule has 132 valence electrons. The minimum atomic E-state index is -0.0206. The average molecular weight is 361 g/mol. The molecule has 0 saturated carbocycles. The fraction of sp³-hybridized carbons (Fsp3) is 0.316. The Kier molecular flexibility index (Phi) is 5.58. The quantitative estimate of drug-likeness (QED) is 0.757. The summed E-state index contributed by atoms with van der Waals surface area (Å²) < 4.78 is 11.9. The van der Waals surface area contributed by atoms with Crippen LogP contribution < -0.4 is 15.4 Å². The molecule has 2 aromatic carbocycles. The van der Waals surface area contributed by atoms with E-state index in [-0.39, 0.29) is 30.5 Å². The molecule has 2 aliphatic rings. The van der Waals surface area contributed by atoms with Crippen LogP contribution in [0.1, 0.15) is 11.1 Å². The molecule has 0 unspecified atom stereocenters. The van der Waals surface area contributed by atoms with Gasteiger partial charge in [0.1, 0.15) is 11.5 Å². The van der Waals surface area contributed by atoms with E-state index in [2.05, 4.69) is 10.6 Å². The fourth-order valence-corrected chi connectivity index (χ4v) is 3.17. The first-order valence-corrected chi connectivity index (χ1v) is 8.24. The zero-order valence-electron chi connectivity index (χ0n) is 13.7. The predicted octanol–water partition coefficient (Wildman–Crippen LogP) is 2.43. The predicted molar refractivity (Wildman–Crippen MR) is 97.3 cm³/mol. The van der Waals surface area contributed by atoms with Gasteiger partial charge in [-0.3, -0.25) is 4.79 Å². The van der Waals surface area contributed by atoms with E-state index in [1.54, 1.807) is 0 Å². The number of rotatable bonds is 0. The third-order valence-electron chi connectivity index (χ3n) is 4.37. The molecule has 2 atom stereocenters. The molecule has 6 heteroatoms. The summed E-state index contributed by atoms with van der Waals surface area (Å²) in [6.07, 6.45) is 0.313. The second kappa shape index (κ2) is 7.87. The lowest BCUT2D eigenvalue weighted by Gasteiger charge is -2.21. The van der Waals surface area contributed by atoms with Crippen LogP contribution in [0.25, 0.3) is 0 Å². The molecular weight excluding hydrogens is 340 g/mol. The van der Waals surface area contributed by atoms with Crippen molar-refractivity contribution in [2.45, 2.75) is 25.2 Å². The van der Waals surface area contributed by atoms with Gasteiger partial charge < -0.3 is 20.1 Å². The van der Waals surface area contributed by atoms with Crippen LogP contribution >= 0.6 is 12.4 Å². The van der Waals surface area contributed by atoms with Crippen molar-refractivity contribution in [2.24, 2.45) is 0 Å². The van der Waals surface area contributed by atoms with E-state index < -0.39 is 0 Å². The fourth-order valence-electron chi connectivity index (χ4n) is 3.17. The zero-order valence-corrected chi connectivity index (χ0v) is 14.6. The van der Waals surface area contributed by atoms with E-state index in [9.17, 15) is 4.79 Å². The van der Waals surface area contributed by atoms with Crippen molar-refractivity contribution in [3.8, 4) is 11.5 Å². The summed E-state index contributed by atoms with van der Waals surface area (Å²) in [4.78, 5) is 12.3. The summed E-state index contributed by atoms with van der Waals surface area (Å²) in [5, 5.41) is 6.37. The van der Waals surface area contributed by atoms with Gasteiger partial charge in [0.2, 0.25) is 5.91 Å². The van der Waals surface area contributed by atoms with Gasteiger partial charge in [-0.05, 0) is 35.4 Å². The average Bonchev–Trinajstić information content (AvgIpc) is 3.00. The molecule has 1 saturated heterocycles. The Morgan fingerprint density at radius 1 is 0.960 bits per heavy atom. The molecule has 0 radical (unpaired) electrons. The Morgan fingerprint density at radius 2 is 1.68 bits per heavy atom. The zero-order chi connectivity index (χ0) is 16.4. The van der Waals surface area contributed by atoms with E-state index in [0.717, 1.165) is 35.7 Å². The number of hydrogen-bond acceptors (Lipinski definition) is 4. The number of halogens is 1. The minimum absolute atomic E-state index is 0. The Balaban J connectivity index is 0.00000182. The van der Waals surface area contributed by atoms with Crippen LogP contribution in [0, 0.1) is 0 Å². The molecule has 2 heterocycles. The van der Waals surface area contributed by atoms with Crippen LogP contribution in [0.3, 0.4) is 0 Å². The normalized spacial score (nSPS) is 22.6. The number of carbonyl (C=O) groups is 1. The molecule has 2 N–H and O–H groups in total. The number of fused-ring (bicyclic) bond motifs is 5. The van der Waals surface area contributed by atoms with Crippen LogP contribution in [-0.4, -0.2) is 31.1 Å². The lowest BCUT2D eigenvalue weighted by atomic mass is 10.1. The first-order chi connectivity index (χ1) is 11.8. The molecule has 4 bridgehead atoms. The maximum atomic E-state index is 12.3. The number of carbonyl (C=O) groups excluding carboxylic acids is 1. The molecule has 2 aliphatic heterocycles. The van der Waals surface area contributed by atoms with Crippen molar-refractivity contribution < 1.29 is 14.3 Å². The molecule has 25 heavy (non-hydrogen) atoms. The van der Waals surface area contributed by atoms with Crippen molar-refractivity contribution in [3.63, 3.8) is 0 Å². The smallest absolute Gasteiger partial charge is 0.224 e. The highest BCUT2D eigenvalue weighted by Crippen LogP contribution is 2.24. The van der Waals surface area contributed by atoms with E-state index >= 15 is 0 Å². The maximum Gasteiger partial charge on any atom is 0.224 e. The maximum absolute atomic E-state index is 12.3. The van der Waals surface area contributed by atoms with Crippen molar-refractivity contribution in [1.29, 1.82) is 0 Å². The van der Waals surface area contributed by atoms with Gasteiger partial charge in [-0.15, -0.1) is 12.4 Å². The third-order valence-corrected chi connectivity index (χ3v) is 4.37. The van der Waals surface area contributed by atoms with E-state index in [1.807, 2.05) is 48.5 Å².